The van der Waals surface area contributed by atoms with E-state index in [9.17, 15) is 4.79 Å². The molecule has 110 valence electrons. The van der Waals surface area contributed by atoms with Crippen molar-refractivity contribution in [3.05, 3.63) is 42.5 Å². The van der Waals surface area contributed by atoms with Gasteiger partial charge in [0.15, 0.2) is 0 Å². The number of hydrogen-bond donors (Lipinski definition) is 1. The summed E-state index contributed by atoms with van der Waals surface area (Å²) in [4.78, 5) is 18.5. The van der Waals surface area contributed by atoms with Gasteiger partial charge in [-0.1, -0.05) is 0 Å². The highest BCUT2D eigenvalue weighted by atomic mass is 16.1. The molecule has 1 aromatic heterocycles. The zero-order valence-electron chi connectivity index (χ0n) is 12.4. The van der Waals surface area contributed by atoms with Crippen molar-refractivity contribution in [3.63, 3.8) is 0 Å². The van der Waals surface area contributed by atoms with Gasteiger partial charge in [-0.2, -0.15) is 0 Å². The van der Waals surface area contributed by atoms with Gasteiger partial charge in [0.1, 0.15) is 0 Å². The number of nitrogens with zero attached hydrogens (tertiary/aromatic N) is 3. The SMILES string of the molecule is CN(C)c1ccc(NC(=O)C2CCn3cncc3C2)cc1. The van der Waals surface area contributed by atoms with E-state index in [4.69, 9.17) is 0 Å². The predicted octanol–water partition coefficient (Wildman–Crippen LogP) is 2.15. The molecule has 1 N–H and O–H groups in total. The number of imidazole rings is 1. The van der Waals surface area contributed by atoms with E-state index in [1.54, 1.807) is 0 Å². The molecule has 1 aliphatic rings. The lowest BCUT2D eigenvalue weighted by Gasteiger charge is -2.23. The molecule has 0 spiro atoms. The lowest BCUT2D eigenvalue weighted by molar-refractivity contribution is -0.120. The number of benzene rings is 1. The summed E-state index contributed by atoms with van der Waals surface area (Å²) in [6, 6.07) is 7.90. The molecule has 3 rings (SSSR count). The smallest absolute Gasteiger partial charge is 0.227 e. The van der Waals surface area contributed by atoms with Crippen molar-refractivity contribution in [3.8, 4) is 0 Å². The Morgan fingerprint density at radius 3 is 2.81 bits per heavy atom. The number of rotatable bonds is 3. The number of amides is 1. The van der Waals surface area contributed by atoms with Gasteiger partial charge in [0, 0.05) is 56.2 Å². The molecular formula is C16H20N4O. The van der Waals surface area contributed by atoms with Crippen molar-refractivity contribution in [2.45, 2.75) is 19.4 Å². The van der Waals surface area contributed by atoms with Crippen molar-refractivity contribution in [2.75, 3.05) is 24.3 Å². The largest absolute Gasteiger partial charge is 0.378 e. The van der Waals surface area contributed by atoms with Crippen LogP contribution in [-0.2, 0) is 17.8 Å². The van der Waals surface area contributed by atoms with Gasteiger partial charge in [0.05, 0.1) is 6.33 Å². The summed E-state index contributed by atoms with van der Waals surface area (Å²) in [7, 11) is 4.00. The fourth-order valence-electron chi connectivity index (χ4n) is 2.68. The fourth-order valence-corrected chi connectivity index (χ4v) is 2.68. The van der Waals surface area contributed by atoms with Crippen LogP contribution in [-0.4, -0.2) is 29.6 Å². The van der Waals surface area contributed by atoms with Crippen LogP contribution in [0, 0.1) is 5.92 Å². The molecule has 1 amide bonds. The van der Waals surface area contributed by atoms with Crippen LogP contribution in [0.1, 0.15) is 12.1 Å². The first-order valence-electron chi connectivity index (χ1n) is 7.21. The van der Waals surface area contributed by atoms with E-state index in [1.807, 2.05) is 55.8 Å². The van der Waals surface area contributed by atoms with Gasteiger partial charge < -0.3 is 14.8 Å². The molecular weight excluding hydrogens is 264 g/mol. The maximum absolute atomic E-state index is 12.4. The molecule has 2 aromatic rings. The Bertz CT molecular complexity index is 630. The van der Waals surface area contributed by atoms with Gasteiger partial charge in [-0.05, 0) is 30.7 Å². The van der Waals surface area contributed by atoms with Gasteiger partial charge in [0.2, 0.25) is 5.91 Å². The number of aryl methyl sites for hydroxylation is 1. The zero-order valence-corrected chi connectivity index (χ0v) is 12.4. The topological polar surface area (TPSA) is 50.2 Å². The normalized spacial score (nSPS) is 17.1. The molecule has 0 radical (unpaired) electrons. The number of carbonyl (C=O) groups is 1. The number of fused-ring (bicyclic) bond motifs is 1. The van der Waals surface area contributed by atoms with E-state index in [1.165, 1.54) is 0 Å². The van der Waals surface area contributed by atoms with Crippen molar-refractivity contribution in [1.82, 2.24) is 9.55 Å². The van der Waals surface area contributed by atoms with Crippen molar-refractivity contribution >= 4 is 17.3 Å². The summed E-state index contributed by atoms with van der Waals surface area (Å²) in [5, 5.41) is 3.01. The lowest BCUT2D eigenvalue weighted by atomic mass is 9.95. The third-order valence-corrected chi connectivity index (χ3v) is 3.99. The highest BCUT2D eigenvalue weighted by Gasteiger charge is 2.24. The van der Waals surface area contributed by atoms with Gasteiger partial charge in [-0.15, -0.1) is 0 Å². The second-order valence-electron chi connectivity index (χ2n) is 5.70. The minimum absolute atomic E-state index is 0.0303. The van der Waals surface area contributed by atoms with Crippen LogP contribution < -0.4 is 10.2 Å². The molecule has 5 heteroatoms. The second-order valence-corrected chi connectivity index (χ2v) is 5.70. The Labute approximate surface area is 124 Å². The average molecular weight is 284 g/mol. The van der Waals surface area contributed by atoms with Gasteiger partial charge in [-0.25, -0.2) is 4.98 Å². The van der Waals surface area contributed by atoms with Crippen molar-refractivity contribution in [1.29, 1.82) is 0 Å². The summed E-state index contributed by atoms with van der Waals surface area (Å²) < 4.78 is 2.12. The summed E-state index contributed by atoms with van der Waals surface area (Å²) in [6.45, 7) is 0.868. The highest BCUT2D eigenvalue weighted by Crippen LogP contribution is 2.22. The Kier molecular flexibility index (Phi) is 3.64. The molecule has 0 fully saturated rings. The third-order valence-electron chi connectivity index (χ3n) is 3.99. The molecule has 1 unspecified atom stereocenters. The minimum atomic E-state index is 0.0303. The lowest BCUT2D eigenvalue weighted by Crippen LogP contribution is -2.29. The summed E-state index contributed by atoms with van der Waals surface area (Å²) in [5.41, 5.74) is 3.11. The molecule has 5 nitrogen and oxygen atoms in total. The molecule has 1 aliphatic heterocycles. The quantitative estimate of drug-likeness (QED) is 0.939. The Balaban J connectivity index is 1.64. The molecule has 1 aromatic carbocycles. The number of aromatic nitrogens is 2. The van der Waals surface area contributed by atoms with Crippen LogP contribution in [0.25, 0.3) is 0 Å². The number of anilines is 2. The van der Waals surface area contributed by atoms with Gasteiger partial charge in [-0.3, -0.25) is 4.79 Å². The van der Waals surface area contributed by atoms with Gasteiger partial charge >= 0.3 is 0 Å². The minimum Gasteiger partial charge on any atom is -0.378 e. The summed E-state index contributed by atoms with van der Waals surface area (Å²) >= 11 is 0. The maximum atomic E-state index is 12.4. The van der Waals surface area contributed by atoms with Crippen LogP contribution >= 0.6 is 0 Å². The Hall–Kier alpha value is -2.30. The van der Waals surface area contributed by atoms with Crippen LogP contribution in [0.4, 0.5) is 11.4 Å². The maximum Gasteiger partial charge on any atom is 0.227 e. The van der Waals surface area contributed by atoms with E-state index in [2.05, 4.69) is 14.9 Å². The first-order valence-corrected chi connectivity index (χ1v) is 7.21. The summed E-state index contributed by atoms with van der Waals surface area (Å²) in [5.74, 6) is 0.128. The van der Waals surface area contributed by atoms with E-state index in [-0.39, 0.29) is 11.8 Å². The zero-order chi connectivity index (χ0) is 14.8. The number of hydrogen-bond acceptors (Lipinski definition) is 3. The standard InChI is InChI=1S/C16H20N4O/c1-19(2)14-5-3-13(4-6-14)18-16(21)12-7-8-20-11-17-10-15(20)9-12/h3-6,10-12H,7-9H2,1-2H3,(H,18,21). The van der Waals surface area contributed by atoms with Crippen LogP contribution in [0.2, 0.25) is 0 Å². The predicted molar refractivity (Wildman–Crippen MR) is 83.4 cm³/mol. The van der Waals surface area contributed by atoms with E-state index in [0.717, 1.165) is 36.5 Å². The molecule has 21 heavy (non-hydrogen) atoms. The van der Waals surface area contributed by atoms with Crippen molar-refractivity contribution in [2.24, 2.45) is 5.92 Å². The van der Waals surface area contributed by atoms with Crippen LogP contribution in [0.15, 0.2) is 36.8 Å². The molecule has 0 saturated carbocycles. The molecule has 0 saturated heterocycles. The van der Waals surface area contributed by atoms with Crippen molar-refractivity contribution < 1.29 is 4.79 Å². The molecule has 2 heterocycles. The van der Waals surface area contributed by atoms with Crippen LogP contribution in [0.3, 0.4) is 0 Å². The Morgan fingerprint density at radius 2 is 2.10 bits per heavy atom. The first-order chi connectivity index (χ1) is 10.1. The fraction of sp³-hybridized carbons (Fsp3) is 0.375. The monoisotopic (exact) mass is 284 g/mol. The van der Waals surface area contributed by atoms with E-state index < -0.39 is 0 Å². The Morgan fingerprint density at radius 1 is 1.33 bits per heavy atom. The third kappa shape index (κ3) is 2.91. The first kappa shape index (κ1) is 13.7. The highest BCUT2D eigenvalue weighted by molar-refractivity contribution is 5.92. The molecule has 0 aliphatic carbocycles. The second kappa shape index (κ2) is 5.60. The molecule has 0 bridgehead atoms. The number of nitrogens with one attached hydrogen (secondary N) is 1. The molecule has 1 atom stereocenters. The van der Waals surface area contributed by atoms with E-state index in [0.29, 0.717) is 0 Å². The van der Waals surface area contributed by atoms with Crippen LogP contribution in [0.5, 0.6) is 0 Å². The summed E-state index contributed by atoms with van der Waals surface area (Å²) in [6.07, 6.45) is 5.32. The average Bonchev–Trinajstić information content (AvgIpc) is 2.95. The number of carbonyl (C=O) groups excluding carboxylic acids is 1. The van der Waals surface area contributed by atoms with Gasteiger partial charge in [0.25, 0.3) is 0 Å². The van der Waals surface area contributed by atoms with E-state index >= 15 is 0 Å².